The summed E-state index contributed by atoms with van der Waals surface area (Å²) in [6.45, 7) is 0.357. The highest BCUT2D eigenvalue weighted by molar-refractivity contribution is 6.27. The third-order valence-electron chi connectivity index (χ3n) is 5.07. The van der Waals surface area contributed by atoms with Gasteiger partial charge in [-0.05, 0) is 47.5 Å². The standard InChI is InChI=1S/C24H16N4O3/c25-12-17-11-16(18-13-31-24(29)23(18)15-7-9-26-10-8-15)5-6-21(17)30-14-22-27-19-3-1-2-4-20(19)28-22/h1-11H,13-14H2,(H,27,28). The molecular weight excluding hydrogens is 392 g/mol. The number of pyridine rings is 1. The van der Waals surface area contributed by atoms with E-state index in [0.29, 0.717) is 22.7 Å². The first-order valence-electron chi connectivity index (χ1n) is 9.64. The fraction of sp³-hybridized carbons (Fsp3) is 0.0833. The average molecular weight is 408 g/mol. The number of cyclic esters (lactones) is 1. The Bertz CT molecular complexity index is 1330. The van der Waals surface area contributed by atoms with Crippen molar-refractivity contribution >= 4 is 28.1 Å². The summed E-state index contributed by atoms with van der Waals surface area (Å²) in [6.07, 6.45) is 3.25. The van der Waals surface area contributed by atoms with Crippen LogP contribution < -0.4 is 4.74 Å². The van der Waals surface area contributed by atoms with E-state index >= 15 is 0 Å². The number of benzene rings is 2. The van der Waals surface area contributed by atoms with Crippen molar-refractivity contribution in [3.8, 4) is 11.8 Å². The number of carbonyl (C=O) groups excluding carboxylic acids is 1. The van der Waals surface area contributed by atoms with E-state index in [-0.39, 0.29) is 19.2 Å². The van der Waals surface area contributed by atoms with Crippen molar-refractivity contribution in [1.82, 2.24) is 15.0 Å². The summed E-state index contributed by atoms with van der Waals surface area (Å²) in [5.41, 5.74) is 4.85. The topological polar surface area (TPSA) is 101 Å². The average Bonchev–Trinajstić information content (AvgIpc) is 3.41. The fourth-order valence-corrected chi connectivity index (χ4v) is 3.59. The summed E-state index contributed by atoms with van der Waals surface area (Å²) in [4.78, 5) is 24.0. The molecule has 7 heteroatoms. The lowest BCUT2D eigenvalue weighted by Gasteiger charge is -2.09. The number of nitrogens with zero attached hydrogens (tertiary/aromatic N) is 3. The number of H-pyrrole nitrogens is 1. The van der Waals surface area contributed by atoms with Crippen LogP contribution in [0, 0.1) is 11.3 Å². The molecule has 3 heterocycles. The molecule has 0 radical (unpaired) electrons. The number of fused-ring (bicyclic) bond motifs is 1. The lowest BCUT2D eigenvalue weighted by Crippen LogP contribution is -2.00. The Hall–Kier alpha value is -4.44. The van der Waals surface area contributed by atoms with Crippen LogP contribution in [-0.2, 0) is 16.1 Å². The van der Waals surface area contributed by atoms with Crippen LogP contribution in [0.25, 0.3) is 22.2 Å². The highest BCUT2D eigenvalue weighted by Gasteiger charge is 2.27. The number of ether oxygens (including phenoxy) is 2. The molecule has 0 amide bonds. The zero-order valence-electron chi connectivity index (χ0n) is 16.3. The van der Waals surface area contributed by atoms with E-state index in [0.717, 1.165) is 27.7 Å². The highest BCUT2D eigenvalue weighted by atomic mass is 16.5. The highest BCUT2D eigenvalue weighted by Crippen LogP contribution is 2.34. The van der Waals surface area contributed by atoms with Gasteiger partial charge in [0.05, 0.1) is 22.2 Å². The van der Waals surface area contributed by atoms with E-state index in [1.807, 2.05) is 30.3 Å². The number of para-hydroxylation sites is 2. The lowest BCUT2D eigenvalue weighted by molar-refractivity contribution is -0.133. The SMILES string of the molecule is N#Cc1cc(C2=C(c3ccncc3)C(=O)OC2)ccc1OCc1nc2ccccc2[nH]1. The largest absolute Gasteiger partial charge is 0.484 e. The van der Waals surface area contributed by atoms with Gasteiger partial charge in [0.15, 0.2) is 0 Å². The molecule has 1 aliphatic rings. The summed E-state index contributed by atoms with van der Waals surface area (Å²) in [7, 11) is 0. The van der Waals surface area contributed by atoms with Gasteiger partial charge in [-0.2, -0.15) is 5.26 Å². The van der Waals surface area contributed by atoms with E-state index < -0.39 is 0 Å². The van der Waals surface area contributed by atoms with Gasteiger partial charge < -0.3 is 14.5 Å². The molecule has 0 spiro atoms. The van der Waals surface area contributed by atoms with Crippen LogP contribution in [-0.4, -0.2) is 27.5 Å². The Morgan fingerprint density at radius 3 is 2.74 bits per heavy atom. The van der Waals surface area contributed by atoms with E-state index in [1.54, 1.807) is 36.7 Å². The second-order valence-corrected chi connectivity index (χ2v) is 6.98. The van der Waals surface area contributed by atoms with Crippen molar-refractivity contribution in [2.45, 2.75) is 6.61 Å². The molecule has 4 aromatic rings. The molecule has 0 saturated heterocycles. The van der Waals surface area contributed by atoms with E-state index in [2.05, 4.69) is 21.0 Å². The Kier molecular flexibility index (Phi) is 4.65. The lowest BCUT2D eigenvalue weighted by atomic mass is 9.96. The number of hydrogen-bond acceptors (Lipinski definition) is 6. The summed E-state index contributed by atoms with van der Waals surface area (Å²) in [5, 5.41) is 9.66. The van der Waals surface area contributed by atoms with Crippen LogP contribution in [0.4, 0.5) is 0 Å². The van der Waals surface area contributed by atoms with Crippen LogP contribution in [0.5, 0.6) is 5.75 Å². The number of imidazole rings is 1. The van der Waals surface area contributed by atoms with E-state index in [9.17, 15) is 10.1 Å². The zero-order valence-corrected chi connectivity index (χ0v) is 16.3. The summed E-state index contributed by atoms with van der Waals surface area (Å²) < 4.78 is 11.1. The maximum atomic E-state index is 12.3. The number of nitrogens with one attached hydrogen (secondary N) is 1. The van der Waals surface area contributed by atoms with E-state index in [1.165, 1.54) is 0 Å². The molecule has 1 aliphatic heterocycles. The van der Waals surface area contributed by atoms with Gasteiger partial charge in [-0.25, -0.2) is 9.78 Å². The van der Waals surface area contributed by atoms with Gasteiger partial charge in [0, 0.05) is 18.0 Å². The first-order chi connectivity index (χ1) is 15.2. The fourth-order valence-electron chi connectivity index (χ4n) is 3.59. The molecule has 0 bridgehead atoms. The molecule has 2 aromatic heterocycles. The second-order valence-electron chi connectivity index (χ2n) is 6.98. The number of hydrogen-bond donors (Lipinski definition) is 1. The van der Waals surface area contributed by atoms with Gasteiger partial charge >= 0.3 is 5.97 Å². The van der Waals surface area contributed by atoms with Crippen molar-refractivity contribution in [3.05, 3.63) is 89.5 Å². The number of rotatable bonds is 5. The molecule has 0 unspecified atom stereocenters. The summed E-state index contributed by atoms with van der Waals surface area (Å²) >= 11 is 0. The van der Waals surface area contributed by atoms with Gasteiger partial charge in [-0.15, -0.1) is 0 Å². The van der Waals surface area contributed by atoms with Crippen molar-refractivity contribution in [1.29, 1.82) is 5.26 Å². The predicted octanol–water partition coefficient (Wildman–Crippen LogP) is 3.88. The molecule has 7 nitrogen and oxygen atoms in total. The van der Waals surface area contributed by atoms with Crippen LogP contribution in [0.3, 0.4) is 0 Å². The summed E-state index contributed by atoms with van der Waals surface area (Å²) in [6, 6.07) is 18.7. The predicted molar refractivity (Wildman–Crippen MR) is 114 cm³/mol. The first-order valence-corrected chi connectivity index (χ1v) is 9.64. The molecule has 0 fully saturated rings. The molecular formula is C24H16N4O3. The minimum atomic E-state index is -0.384. The monoisotopic (exact) mass is 408 g/mol. The van der Waals surface area contributed by atoms with Crippen molar-refractivity contribution in [2.75, 3.05) is 6.61 Å². The maximum Gasteiger partial charge on any atom is 0.339 e. The Morgan fingerprint density at radius 1 is 1.10 bits per heavy atom. The van der Waals surface area contributed by atoms with Crippen molar-refractivity contribution in [2.24, 2.45) is 0 Å². The third-order valence-corrected chi connectivity index (χ3v) is 5.07. The zero-order chi connectivity index (χ0) is 21.2. The van der Waals surface area contributed by atoms with Crippen LogP contribution >= 0.6 is 0 Å². The van der Waals surface area contributed by atoms with Gasteiger partial charge in [-0.1, -0.05) is 18.2 Å². The molecule has 0 atom stereocenters. The summed E-state index contributed by atoms with van der Waals surface area (Å²) in [5.74, 6) is 0.736. The van der Waals surface area contributed by atoms with Gasteiger partial charge in [0.1, 0.15) is 30.9 Å². The van der Waals surface area contributed by atoms with Crippen LogP contribution in [0.1, 0.15) is 22.5 Å². The number of carbonyl (C=O) groups is 1. The molecule has 1 N–H and O–H groups in total. The van der Waals surface area contributed by atoms with Gasteiger partial charge in [0.2, 0.25) is 0 Å². The number of nitriles is 1. The molecule has 31 heavy (non-hydrogen) atoms. The molecule has 2 aromatic carbocycles. The molecule has 5 rings (SSSR count). The second kappa shape index (κ2) is 7.76. The first kappa shape index (κ1) is 18.6. The number of aromatic amines is 1. The normalized spacial score (nSPS) is 13.3. The molecule has 0 aliphatic carbocycles. The third kappa shape index (κ3) is 3.51. The van der Waals surface area contributed by atoms with Crippen molar-refractivity contribution < 1.29 is 14.3 Å². The van der Waals surface area contributed by atoms with E-state index in [4.69, 9.17) is 9.47 Å². The van der Waals surface area contributed by atoms with Gasteiger partial charge in [-0.3, -0.25) is 4.98 Å². The Balaban J connectivity index is 1.44. The van der Waals surface area contributed by atoms with Gasteiger partial charge in [0.25, 0.3) is 0 Å². The van der Waals surface area contributed by atoms with Crippen molar-refractivity contribution in [3.63, 3.8) is 0 Å². The minimum absolute atomic E-state index is 0.153. The number of aromatic nitrogens is 3. The Labute approximate surface area is 177 Å². The quantitative estimate of drug-likeness (QED) is 0.503. The maximum absolute atomic E-state index is 12.3. The molecule has 150 valence electrons. The van der Waals surface area contributed by atoms with Crippen LogP contribution in [0.15, 0.2) is 67.0 Å². The number of esters is 1. The van der Waals surface area contributed by atoms with Crippen LogP contribution in [0.2, 0.25) is 0 Å². The molecule has 0 saturated carbocycles. The Morgan fingerprint density at radius 2 is 1.94 bits per heavy atom. The smallest absolute Gasteiger partial charge is 0.339 e. The minimum Gasteiger partial charge on any atom is -0.484 e.